The second kappa shape index (κ2) is 8.87. The van der Waals surface area contributed by atoms with E-state index < -0.39 is 15.9 Å². The van der Waals surface area contributed by atoms with Crippen LogP contribution in [0, 0.1) is 6.92 Å². The number of sulfonamides is 1. The highest BCUT2D eigenvalue weighted by Gasteiger charge is 2.21. The molecule has 3 aromatic rings. The van der Waals surface area contributed by atoms with Gasteiger partial charge in [-0.05, 0) is 61.0 Å². The van der Waals surface area contributed by atoms with Crippen molar-refractivity contribution in [1.29, 1.82) is 0 Å². The first-order valence-corrected chi connectivity index (χ1v) is 10.5. The Bertz CT molecular complexity index is 1160. The van der Waals surface area contributed by atoms with E-state index in [2.05, 4.69) is 10.0 Å². The summed E-state index contributed by atoms with van der Waals surface area (Å²) in [5, 5.41) is 2.75. The molecular weight excluding hydrogens is 404 g/mol. The van der Waals surface area contributed by atoms with Gasteiger partial charge in [-0.15, -0.1) is 0 Å². The fraction of sp³-hybridized carbons (Fsp3) is 0.136. The molecule has 156 valence electrons. The number of hydrogen-bond donors (Lipinski definition) is 2. The van der Waals surface area contributed by atoms with Crippen molar-refractivity contribution >= 4 is 27.3 Å². The number of benzene rings is 3. The molecular formula is C22H22N2O5S. The molecule has 0 aliphatic heterocycles. The lowest BCUT2D eigenvalue weighted by Crippen LogP contribution is -2.17. The maximum Gasteiger partial charge on any atom is 0.262 e. The molecule has 8 heteroatoms. The molecule has 0 saturated carbocycles. The van der Waals surface area contributed by atoms with Gasteiger partial charge in [0.05, 0.1) is 24.8 Å². The quantitative estimate of drug-likeness (QED) is 0.594. The summed E-state index contributed by atoms with van der Waals surface area (Å²) in [7, 11) is -0.924. The second-order valence-corrected chi connectivity index (χ2v) is 8.12. The summed E-state index contributed by atoms with van der Waals surface area (Å²) in [6.07, 6.45) is 0. The van der Waals surface area contributed by atoms with E-state index in [1.807, 2.05) is 0 Å². The Morgan fingerprint density at radius 3 is 2.27 bits per heavy atom. The molecule has 3 rings (SSSR count). The number of ether oxygens (including phenoxy) is 2. The van der Waals surface area contributed by atoms with E-state index in [1.165, 1.54) is 13.2 Å². The summed E-state index contributed by atoms with van der Waals surface area (Å²) < 4.78 is 38.8. The minimum Gasteiger partial charge on any atom is -0.497 e. The maximum absolute atomic E-state index is 13.0. The van der Waals surface area contributed by atoms with Gasteiger partial charge in [-0.25, -0.2) is 8.42 Å². The first-order chi connectivity index (χ1) is 14.3. The van der Waals surface area contributed by atoms with Gasteiger partial charge in [0.2, 0.25) is 0 Å². The Labute approximate surface area is 175 Å². The second-order valence-electron chi connectivity index (χ2n) is 6.47. The largest absolute Gasteiger partial charge is 0.497 e. The standard InChI is InChI=1S/C22H22N2O5S/c1-15-8-9-16(22(25)23-17-10-12-18(28-2)13-11-17)14-21(15)30(26,27)24-19-6-4-5-7-20(19)29-3/h4-14,24H,1-3H3,(H,23,25). The first-order valence-electron chi connectivity index (χ1n) is 9.06. The number of rotatable bonds is 7. The molecule has 0 atom stereocenters. The molecule has 0 bridgehead atoms. The van der Waals surface area contributed by atoms with E-state index in [0.717, 1.165) is 0 Å². The molecule has 0 spiro atoms. The van der Waals surface area contributed by atoms with Gasteiger partial charge in [-0.1, -0.05) is 18.2 Å². The van der Waals surface area contributed by atoms with Crippen molar-refractivity contribution in [3.05, 3.63) is 77.9 Å². The topological polar surface area (TPSA) is 93.7 Å². The lowest BCUT2D eigenvalue weighted by atomic mass is 10.1. The van der Waals surface area contributed by atoms with E-state index in [4.69, 9.17) is 9.47 Å². The number of carbonyl (C=O) groups excluding carboxylic acids is 1. The van der Waals surface area contributed by atoms with Gasteiger partial charge < -0.3 is 14.8 Å². The summed E-state index contributed by atoms with van der Waals surface area (Å²) in [5.74, 6) is 0.639. The SMILES string of the molecule is COc1ccc(NC(=O)c2ccc(C)c(S(=O)(=O)Nc3ccccc3OC)c2)cc1. The molecule has 30 heavy (non-hydrogen) atoms. The fourth-order valence-corrected chi connectivity index (χ4v) is 4.18. The molecule has 0 saturated heterocycles. The van der Waals surface area contributed by atoms with Crippen LogP contribution < -0.4 is 19.5 Å². The number of hydrogen-bond acceptors (Lipinski definition) is 5. The van der Waals surface area contributed by atoms with Crippen LogP contribution in [0.1, 0.15) is 15.9 Å². The Morgan fingerprint density at radius 2 is 1.60 bits per heavy atom. The number of aryl methyl sites for hydroxylation is 1. The number of nitrogens with one attached hydrogen (secondary N) is 2. The van der Waals surface area contributed by atoms with Gasteiger partial charge in [0.15, 0.2) is 0 Å². The van der Waals surface area contributed by atoms with Crippen LogP contribution >= 0.6 is 0 Å². The summed E-state index contributed by atoms with van der Waals surface area (Å²) in [5.41, 5.74) is 1.61. The minimum atomic E-state index is -3.94. The Hall–Kier alpha value is -3.52. The Kier molecular flexibility index (Phi) is 6.27. The van der Waals surface area contributed by atoms with Crippen LogP contribution in [0.25, 0.3) is 0 Å². The maximum atomic E-state index is 13.0. The van der Waals surface area contributed by atoms with Crippen molar-refractivity contribution in [1.82, 2.24) is 0 Å². The highest BCUT2D eigenvalue weighted by Crippen LogP contribution is 2.27. The molecule has 0 aliphatic carbocycles. The number of methoxy groups -OCH3 is 2. The van der Waals surface area contributed by atoms with Crippen LogP contribution in [0.15, 0.2) is 71.6 Å². The van der Waals surface area contributed by atoms with Crippen LogP contribution in [-0.2, 0) is 10.0 Å². The van der Waals surface area contributed by atoms with E-state index in [9.17, 15) is 13.2 Å². The normalized spacial score (nSPS) is 10.9. The molecule has 3 aromatic carbocycles. The lowest BCUT2D eigenvalue weighted by molar-refractivity contribution is 0.102. The summed E-state index contributed by atoms with van der Waals surface area (Å²) >= 11 is 0. The van der Waals surface area contributed by atoms with Crippen LogP contribution in [0.3, 0.4) is 0 Å². The molecule has 0 unspecified atom stereocenters. The van der Waals surface area contributed by atoms with Crippen molar-refractivity contribution < 1.29 is 22.7 Å². The van der Waals surface area contributed by atoms with Crippen molar-refractivity contribution in [2.24, 2.45) is 0 Å². The molecule has 2 N–H and O–H groups in total. The van der Waals surface area contributed by atoms with Crippen LogP contribution in [-0.4, -0.2) is 28.5 Å². The van der Waals surface area contributed by atoms with Crippen LogP contribution in [0.2, 0.25) is 0 Å². The van der Waals surface area contributed by atoms with Crippen molar-refractivity contribution in [3.8, 4) is 11.5 Å². The molecule has 0 radical (unpaired) electrons. The number of carbonyl (C=O) groups is 1. The van der Waals surface area contributed by atoms with Crippen molar-refractivity contribution in [3.63, 3.8) is 0 Å². The fourth-order valence-electron chi connectivity index (χ4n) is 2.84. The van der Waals surface area contributed by atoms with Gasteiger partial charge in [-0.2, -0.15) is 0 Å². The predicted octanol–water partition coefficient (Wildman–Crippen LogP) is 4.07. The van der Waals surface area contributed by atoms with Gasteiger partial charge in [0.25, 0.3) is 15.9 Å². The van der Waals surface area contributed by atoms with Crippen LogP contribution in [0.5, 0.6) is 11.5 Å². The molecule has 0 heterocycles. The highest BCUT2D eigenvalue weighted by molar-refractivity contribution is 7.92. The first kappa shape index (κ1) is 21.2. The van der Waals surface area contributed by atoms with Gasteiger partial charge in [0, 0.05) is 11.3 Å². The van der Waals surface area contributed by atoms with Crippen LogP contribution in [0.4, 0.5) is 11.4 Å². The zero-order chi connectivity index (χ0) is 21.7. The number of anilines is 2. The van der Waals surface area contributed by atoms with Crippen molar-refractivity contribution in [2.45, 2.75) is 11.8 Å². The summed E-state index contributed by atoms with van der Waals surface area (Å²) in [6, 6.07) is 18.1. The summed E-state index contributed by atoms with van der Waals surface area (Å²) in [6.45, 7) is 1.67. The minimum absolute atomic E-state index is 0.00999. The average Bonchev–Trinajstić information content (AvgIpc) is 2.74. The van der Waals surface area contributed by atoms with Crippen molar-refractivity contribution in [2.75, 3.05) is 24.3 Å². The smallest absolute Gasteiger partial charge is 0.262 e. The van der Waals surface area contributed by atoms with Gasteiger partial charge in [0.1, 0.15) is 11.5 Å². The zero-order valence-corrected chi connectivity index (χ0v) is 17.6. The average molecular weight is 426 g/mol. The molecule has 1 amide bonds. The van der Waals surface area contributed by atoms with E-state index >= 15 is 0 Å². The predicted molar refractivity (Wildman–Crippen MR) is 116 cm³/mol. The third-order valence-corrected chi connectivity index (χ3v) is 5.95. The number of amides is 1. The Balaban J connectivity index is 1.87. The zero-order valence-electron chi connectivity index (χ0n) is 16.8. The molecule has 0 aliphatic rings. The molecule has 0 fully saturated rings. The monoisotopic (exact) mass is 426 g/mol. The number of para-hydroxylation sites is 2. The highest BCUT2D eigenvalue weighted by atomic mass is 32.2. The third kappa shape index (κ3) is 4.72. The third-order valence-electron chi connectivity index (χ3n) is 4.44. The van der Waals surface area contributed by atoms with E-state index in [0.29, 0.717) is 28.4 Å². The molecule has 0 aromatic heterocycles. The molecule has 7 nitrogen and oxygen atoms in total. The lowest BCUT2D eigenvalue weighted by Gasteiger charge is -2.14. The van der Waals surface area contributed by atoms with Gasteiger partial charge in [-0.3, -0.25) is 9.52 Å². The van der Waals surface area contributed by atoms with E-state index in [-0.39, 0.29) is 10.5 Å². The van der Waals surface area contributed by atoms with E-state index in [1.54, 1.807) is 74.7 Å². The summed E-state index contributed by atoms with van der Waals surface area (Å²) in [4.78, 5) is 12.7. The Morgan fingerprint density at radius 1 is 0.900 bits per heavy atom. The van der Waals surface area contributed by atoms with Gasteiger partial charge >= 0.3 is 0 Å².